The van der Waals surface area contributed by atoms with E-state index in [4.69, 9.17) is 9.15 Å². The minimum atomic E-state index is -0.368. The molecule has 2 aromatic carbocycles. The number of ether oxygens (including phenoxy) is 1. The number of hydrogen-bond acceptors (Lipinski definition) is 4. The zero-order valence-corrected chi connectivity index (χ0v) is 14.4. The van der Waals surface area contributed by atoms with E-state index in [-0.39, 0.29) is 18.0 Å². The van der Waals surface area contributed by atoms with Gasteiger partial charge >= 0.3 is 5.63 Å². The molecule has 0 radical (unpaired) electrons. The number of aryl methyl sites for hydroxylation is 2. The van der Waals surface area contributed by atoms with E-state index in [1.54, 1.807) is 12.1 Å². The highest BCUT2D eigenvalue weighted by atomic mass is 16.5. The lowest BCUT2D eigenvalue weighted by Crippen LogP contribution is -2.12. The van der Waals surface area contributed by atoms with E-state index < -0.39 is 0 Å². The van der Waals surface area contributed by atoms with Crippen LogP contribution in [-0.2, 0) is 6.42 Å². The molecule has 0 saturated carbocycles. The number of benzene rings is 2. The molecule has 25 heavy (non-hydrogen) atoms. The third-order valence-electron chi connectivity index (χ3n) is 4.01. The van der Waals surface area contributed by atoms with Gasteiger partial charge in [0.2, 0.25) is 0 Å². The Morgan fingerprint density at radius 1 is 1.12 bits per heavy atom. The SMILES string of the molecule is CCCc1cc(=O)oc2cc(C)cc(OCC(=O)c3ccccc3)c12. The summed E-state index contributed by atoms with van der Waals surface area (Å²) in [6.07, 6.45) is 1.64. The fraction of sp³-hybridized carbons (Fsp3) is 0.238. The molecular weight excluding hydrogens is 316 g/mol. The molecule has 0 bridgehead atoms. The molecule has 128 valence electrons. The summed E-state index contributed by atoms with van der Waals surface area (Å²) in [4.78, 5) is 24.1. The van der Waals surface area contributed by atoms with Gasteiger partial charge in [-0.05, 0) is 36.6 Å². The highest BCUT2D eigenvalue weighted by molar-refractivity contribution is 5.97. The highest BCUT2D eigenvalue weighted by Gasteiger charge is 2.14. The Bertz CT molecular complexity index is 955. The first-order chi connectivity index (χ1) is 12.1. The second-order valence-electron chi connectivity index (χ2n) is 6.05. The molecule has 0 aliphatic carbocycles. The van der Waals surface area contributed by atoms with Crippen LogP contribution in [0.2, 0.25) is 0 Å². The maximum absolute atomic E-state index is 12.3. The van der Waals surface area contributed by atoms with E-state index in [0.29, 0.717) is 16.9 Å². The first-order valence-electron chi connectivity index (χ1n) is 8.37. The molecule has 1 aromatic heterocycles. The van der Waals surface area contributed by atoms with Crippen molar-refractivity contribution >= 4 is 16.8 Å². The summed E-state index contributed by atoms with van der Waals surface area (Å²) in [5, 5.41) is 0.771. The minimum absolute atomic E-state index is 0.0622. The molecule has 0 unspecified atom stereocenters. The van der Waals surface area contributed by atoms with E-state index >= 15 is 0 Å². The van der Waals surface area contributed by atoms with Gasteiger partial charge in [-0.2, -0.15) is 0 Å². The van der Waals surface area contributed by atoms with Crippen molar-refractivity contribution in [2.75, 3.05) is 6.61 Å². The Morgan fingerprint density at radius 3 is 2.60 bits per heavy atom. The van der Waals surface area contributed by atoms with Crippen LogP contribution in [0.5, 0.6) is 5.75 Å². The van der Waals surface area contributed by atoms with Crippen molar-refractivity contribution in [2.45, 2.75) is 26.7 Å². The van der Waals surface area contributed by atoms with Gasteiger partial charge < -0.3 is 9.15 Å². The summed E-state index contributed by atoms with van der Waals surface area (Å²) in [6, 6.07) is 14.2. The molecule has 0 fully saturated rings. The number of Topliss-reactive ketones (excluding diaryl/α,β-unsaturated/α-hetero) is 1. The largest absolute Gasteiger partial charge is 0.485 e. The summed E-state index contributed by atoms with van der Waals surface area (Å²) in [6.45, 7) is 3.89. The Labute approximate surface area is 146 Å². The maximum Gasteiger partial charge on any atom is 0.336 e. The van der Waals surface area contributed by atoms with Crippen LogP contribution in [0, 0.1) is 6.92 Å². The molecule has 0 amide bonds. The second-order valence-corrected chi connectivity index (χ2v) is 6.05. The van der Waals surface area contributed by atoms with Gasteiger partial charge in [-0.3, -0.25) is 4.79 Å². The van der Waals surface area contributed by atoms with Gasteiger partial charge in [-0.1, -0.05) is 43.7 Å². The molecular formula is C21H20O4. The fourth-order valence-electron chi connectivity index (χ4n) is 2.90. The van der Waals surface area contributed by atoms with Gasteiger partial charge in [0.05, 0.1) is 5.39 Å². The standard InChI is InChI=1S/C21H20O4/c1-3-7-16-12-20(23)25-19-11-14(2)10-18(21(16)19)24-13-17(22)15-8-5-4-6-9-15/h4-6,8-12H,3,7,13H2,1-2H3. The quantitative estimate of drug-likeness (QED) is 0.497. The third kappa shape index (κ3) is 3.79. The molecule has 1 heterocycles. The molecule has 0 saturated heterocycles. The van der Waals surface area contributed by atoms with Crippen LogP contribution in [-0.4, -0.2) is 12.4 Å². The smallest absolute Gasteiger partial charge is 0.336 e. The number of carbonyl (C=O) groups is 1. The molecule has 0 aliphatic rings. The number of hydrogen-bond donors (Lipinski definition) is 0. The molecule has 0 spiro atoms. The predicted molar refractivity (Wildman–Crippen MR) is 97.5 cm³/mol. The van der Waals surface area contributed by atoms with Gasteiger partial charge in [-0.25, -0.2) is 4.79 Å². The first-order valence-corrected chi connectivity index (χ1v) is 8.37. The Kier molecular flexibility index (Phi) is 4.98. The van der Waals surface area contributed by atoms with Crippen molar-refractivity contribution in [1.82, 2.24) is 0 Å². The topological polar surface area (TPSA) is 56.5 Å². The van der Waals surface area contributed by atoms with E-state index in [0.717, 1.165) is 29.4 Å². The summed E-state index contributed by atoms with van der Waals surface area (Å²) in [5.74, 6) is 0.483. The number of rotatable bonds is 6. The van der Waals surface area contributed by atoms with Crippen LogP contribution >= 0.6 is 0 Å². The van der Waals surface area contributed by atoms with Crippen molar-refractivity contribution in [1.29, 1.82) is 0 Å². The van der Waals surface area contributed by atoms with Crippen molar-refractivity contribution in [3.05, 3.63) is 75.6 Å². The van der Waals surface area contributed by atoms with Crippen LogP contribution in [0.25, 0.3) is 11.0 Å². The zero-order valence-electron chi connectivity index (χ0n) is 14.4. The van der Waals surface area contributed by atoms with Crippen molar-refractivity contribution < 1.29 is 13.9 Å². The van der Waals surface area contributed by atoms with E-state index in [1.807, 2.05) is 44.2 Å². The zero-order chi connectivity index (χ0) is 17.8. The summed E-state index contributed by atoms with van der Waals surface area (Å²) < 4.78 is 11.2. The lowest BCUT2D eigenvalue weighted by atomic mass is 10.0. The fourth-order valence-corrected chi connectivity index (χ4v) is 2.90. The Hall–Kier alpha value is -2.88. The number of fused-ring (bicyclic) bond motifs is 1. The summed E-state index contributed by atoms with van der Waals surface area (Å²) >= 11 is 0. The molecule has 0 aliphatic heterocycles. The van der Waals surface area contributed by atoms with Gasteiger partial charge in [0.1, 0.15) is 11.3 Å². The molecule has 0 atom stereocenters. The first kappa shape index (κ1) is 17.0. The van der Waals surface area contributed by atoms with Crippen molar-refractivity contribution in [3.8, 4) is 5.75 Å². The number of carbonyl (C=O) groups excluding carboxylic acids is 1. The van der Waals surface area contributed by atoms with Crippen LogP contribution < -0.4 is 10.4 Å². The average molecular weight is 336 g/mol. The normalized spacial score (nSPS) is 10.8. The molecule has 0 N–H and O–H groups in total. The van der Waals surface area contributed by atoms with Gasteiger partial charge in [0, 0.05) is 11.6 Å². The van der Waals surface area contributed by atoms with Gasteiger partial charge in [0.15, 0.2) is 12.4 Å². The van der Waals surface area contributed by atoms with Crippen molar-refractivity contribution in [2.24, 2.45) is 0 Å². The third-order valence-corrected chi connectivity index (χ3v) is 4.01. The lowest BCUT2D eigenvalue weighted by molar-refractivity contribution is 0.0922. The maximum atomic E-state index is 12.3. The van der Waals surface area contributed by atoms with Gasteiger partial charge in [0.25, 0.3) is 0 Å². The predicted octanol–water partition coefficient (Wildman–Crippen LogP) is 4.32. The molecule has 4 heteroatoms. The monoisotopic (exact) mass is 336 g/mol. The Balaban J connectivity index is 1.97. The van der Waals surface area contributed by atoms with Crippen molar-refractivity contribution in [3.63, 3.8) is 0 Å². The molecule has 3 rings (SSSR count). The van der Waals surface area contributed by atoms with Crippen LogP contribution in [0.4, 0.5) is 0 Å². The van der Waals surface area contributed by atoms with E-state index in [1.165, 1.54) is 6.07 Å². The highest BCUT2D eigenvalue weighted by Crippen LogP contribution is 2.30. The Morgan fingerprint density at radius 2 is 1.88 bits per heavy atom. The van der Waals surface area contributed by atoms with E-state index in [9.17, 15) is 9.59 Å². The molecule has 3 aromatic rings. The van der Waals surface area contributed by atoms with Crippen LogP contribution in [0.3, 0.4) is 0 Å². The van der Waals surface area contributed by atoms with Crippen LogP contribution in [0.15, 0.2) is 57.7 Å². The summed E-state index contributed by atoms with van der Waals surface area (Å²) in [7, 11) is 0. The van der Waals surface area contributed by atoms with E-state index in [2.05, 4.69) is 0 Å². The molecule has 4 nitrogen and oxygen atoms in total. The average Bonchev–Trinajstić information content (AvgIpc) is 2.59. The lowest BCUT2D eigenvalue weighted by Gasteiger charge is -2.12. The minimum Gasteiger partial charge on any atom is -0.485 e. The summed E-state index contributed by atoms with van der Waals surface area (Å²) in [5.41, 5.74) is 2.54. The second kappa shape index (κ2) is 7.34. The number of ketones is 1. The van der Waals surface area contributed by atoms with Crippen LogP contribution in [0.1, 0.15) is 34.8 Å². The van der Waals surface area contributed by atoms with Gasteiger partial charge in [-0.15, -0.1) is 0 Å².